The Labute approximate surface area is 110 Å². The minimum absolute atomic E-state index is 0.201. The van der Waals surface area contributed by atoms with Crippen LogP contribution < -0.4 is 5.32 Å². The minimum atomic E-state index is -0.487. The van der Waals surface area contributed by atoms with Gasteiger partial charge in [-0.2, -0.15) is 17.0 Å². The molecule has 17 heavy (non-hydrogen) atoms. The van der Waals surface area contributed by atoms with E-state index in [1.165, 1.54) is 0 Å². The maximum absolute atomic E-state index is 9.47. The van der Waals surface area contributed by atoms with E-state index in [-0.39, 0.29) is 11.4 Å². The van der Waals surface area contributed by atoms with Gasteiger partial charge >= 0.3 is 0 Å². The quantitative estimate of drug-likeness (QED) is 0.737. The largest absolute Gasteiger partial charge is 0.392 e. The Morgan fingerprint density at radius 2 is 1.82 bits per heavy atom. The molecule has 0 saturated carbocycles. The third kappa shape index (κ3) is 6.92. The first-order valence-electron chi connectivity index (χ1n) is 6.22. The Morgan fingerprint density at radius 1 is 1.29 bits per heavy atom. The Morgan fingerprint density at radius 3 is 2.18 bits per heavy atom. The number of aliphatic hydroxyl groups is 1. The van der Waals surface area contributed by atoms with E-state index < -0.39 is 5.54 Å². The van der Waals surface area contributed by atoms with Crippen molar-refractivity contribution < 1.29 is 5.11 Å². The molecule has 0 amide bonds. The summed E-state index contributed by atoms with van der Waals surface area (Å²) in [5.41, 5.74) is -0.487. The van der Waals surface area contributed by atoms with Gasteiger partial charge in [0.25, 0.3) is 0 Å². The van der Waals surface area contributed by atoms with E-state index in [0.717, 1.165) is 6.42 Å². The van der Waals surface area contributed by atoms with Crippen LogP contribution in [0.3, 0.4) is 0 Å². The van der Waals surface area contributed by atoms with Crippen LogP contribution in [0.25, 0.3) is 0 Å². The molecular formula is C13H26N2OS. The monoisotopic (exact) mass is 258 g/mol. The van der Waals surface area contributed by atoms with Crippen LogP contribution in [0.5, 0.6) is 0 Å². The van der Waals surface area contributed by atoms with Crippen molar-refractivity contribution in [1.29, 1.82) is 5.26 Å². The summed E-state index contributed by atoms with van der Waals surface area (Å²) in [5.74, 6) is 0. The van der Waals surface area contributed by atoms with E-state index >= 15 is 0 Å². The van der Waals surface area contributed by atoms with Gasteiger partial charge in [-0.1, -0.05) is 13.8 Å². The van der Waals surface area contributed by atoms with Crippen molar-refractivity contribution in [2.24, 2.45) is 0 Å². The summed E-state index contributed by atoms with van der Waals surface area (Å²) in [6, 6.07) is 2.65. The molecule has 0 aromatic rings. The highest BCUT2D eigenvalue weighted by atomic mass is 32.2. The fraction of sp³-hybridized carbons (Fsp3) is 0.923. The van der Waals surface area contributed by atoms with Crippen molar-refractivity contribution >= 4 is 11.8 Å². The molecule has 0 bridgehead atoms. The van der Waals surface area contributed by atoms with E-state index in [2.05, 4.69) is 18.3 Å². The van der Waals surface area contributed by atoms with Crippen molar-refractivity contribution in [3.63, 3.8) is 0 Å². The van der Waals surface area contributed by atoms with Gasteiger partial charge in [-0.25, -0.2) is 0 Å². The molecule has 0 radical (unpaired) electrons. The molecule has 0 rings (SSSR count). The SMILES string of the molecule is CC(C)NC(C)(C#N)CC(C)SC(C)C(C)O. The Bertz CT molecular complexity index is 263. The Balaban J connectivity index is 4.34. The maximum Gasteiger partial charge on any atom is 0.105 e. The van der Waals surface area contributed by atoms with Gasteiger partial charge in [0.05, 0.1) is 12.2 Å². The average molecular weight is 258 g/mol. The molecule has 4 heteroatoms. The van der Waals surface area contributed by atoms with Crippen molar-refractivity contribution in [1.82, 2.24) is 5.32 Å². The lowest BCUT2D eigenvalue weighted by molar-refractivity contribution is 0.196. The second-order valence-corrected chi connectivity index (χ2v) is 7.16. The van der Waals surface area contributed by atoms with E-state index in [9.17, 15) is 10.4 Å². The number of aliphatic hydroxyl groups excluding tert-OH is 1. The van der Waals surface area contributed by atoms with Crippen LogP contribution >= 0.6 is 11.8 Å². The fourth-order valence-electron chi connectivity index (χ4n) is 1.88. The van der Waals surface area contributed by atoms with Crippen LogP contribution in [-0.2, 0) is 0 Å². The molecule has 0 aliphatic carbocycles. The van der Waals surface area contributed by atoms with Gasteiger partial charge in [-0.15, -0.1) is 0 Å². The zero-order chi connectivity index (χ0) is 13.6. The second-order valence-electron chi connectivity index (χ2n) is 5.34. The predicted octanol–water partition coefficient (Wildman–Crippen LogP) is 2.55. The molecule has 0 fully saturated rings. The molecule has 3 nitrogen and oxygen atoms in total. The van der Waals surface area contributed by atoms with Crippen LogP contribution in [0.15, 0.2) is 0 Å². The number of hydrogen-bond donors (Lipinski definition) is 2. The lowest BCUT2D eigenvalue weighted by atomic mass is 9.97. The van der Waals surface area contributed by atoms with Crippen LogP contribution in [0.1, 0.15) is 48.0 Å². The Kier molecular flexibility index (Phi) is 7.15. The lowest BCUT2D eigenvalue weighted by Crippen LogP contribution is -2.46. The number of nitrogens with one attached hydrogen (secondary N) is 1. The first-order chi connectivity index (χ1) is 7.70. The first kappa shape index (κ1) is 16.8. The topological polar surface area (TPSA) is 56.0 Å². The second kappa shape index (κ2) is 7.25. The highest BCUT2D eigenvalue weighted by molar-refractivity contribution is 8.00. The van der Waals surface area contributed by atoms with Crippen molar-refractivity contribution in [3.8, 4) is 6.07 Å². The summed E-state index contributed by atoms with van der Waals surface area (Å²) in [5, 5.41) is 22.6. The number of hydrogen-bond acceptors (Lipinski definition) is 4. The summed E-state index contributed by atoms with van der Waals surface area (Å²) in [7, 11) is 0. The average Bonchev–Trinajstić information content (AvgIpc) is 2.15. The van der Waals surface area contributed by atoms with E-state index in [1.807, 2.05) is 27.7 Å². The summed E-state index contributed by atoms with van der Waals surface area (Å²) >= 11 is 1.74. The molecule has 0 spiro atoms. The fourth-order valence-corrected chi connectivity index (χ4v) is 3.27. The van der Waals surface area contributed by atoms with Gasteiger partial charge in [0.1, 0.15) is 5.54 Å². The van der Waals surface area contributed by atoms with Gasteiger partial charge in [0.15, 0.2) is 0 Å². The third-order valence-electron chi connectivity index (χ3n) is 2.68. The molecule has 0 aromatic carbocycles. The number of nitrogens with zero attached hydrogens (tertiary/aromatic N) is 1. The number of thioether (sulfide) groups is 1. The van der Waals surface area contributed by atoms with E-state index in [1.54, 1.807) is 18.7 Å². The molecule has 2 N–H and O–H groups in total. The summed E-state index contributed by atoms with van der Waals surface area (Å²) in [6.07, 6.45) is 0.470. The summed E-state index contributed by atoms with van der Waals surface area (Å²) < 4.78 is 0. The summed E-state index contributed by atoms with van der Waals surface area (Å²) in [4.78, 5) is 0. The normalized spacial score (nSPS) is 20.4. The van der Waals surface area contributed by atoms with Crippen molar-refractivity contribution in [3.05, 3.63) is 0 Å². The van der Waals surface area contributed by atoms with Gasteiger partial charge in [-0.3, -0.25) is 5.32 Å². The molecule has 0 aliphatic rings. The molecule has 4 atom stereocenters. The zero-order valence-electron chi connectivity index (χ0n) is 11.8. The van der Waals surface area contributed by atoms with Gasteiger partial charge < -0.3 is 5.11 Å². The molecule has 0 heterocycles. The standard InChI is InChI=1S/C13H26N2OS/c1-9(2)15-13(6,8-14)7-10(3)17-12(5)11(4)16/h9-12,15-16H,7H2,1-6H3. The molecule has 100 valence electrons. The van der Waals surface area contributed by atoms with Gasteiger partial charge in [0, 0.05) is 16.5 Å². The van der Waals surface area contributed by atoms with E-state index in [4.69, 9.17) is 0 Å². The third-order valence-corrected chi connectivity index (χ3v) is 4.13. The van der Waals surface area contributed by atoms with Crippen molar-refractivity contribution in [2.45, 2.75) is 76.1 Å². The Hall–Kier alpha value is -0.240. The van der Waals surface area contributed by atoms with Crippen LogP contribution in [0, 0.1) is 11.3 Å². The smallest absolute Gasteiger partial charge is 0.105 e. The predicted molar refractivity (Wildman–Crippen MR) is 75.1 cm³/mol. The van der Waals surface area contributed by atoms with Gasteiger partial charge in [0.2, 0.25) is 0 Å². The highest BCUT2D eigenvalue weighted by Gasteiger charge is 2.28. The molecule has 0 saturated heterocycles. The van der Waals surface area contributed by atoms with Crippen LogP contribution in [-0.4, -0.2) is 33.3 Å². The van der Waals surface area contributed by atoms with E-state index in [0.29, 0.717) is 11.3 Å². The zero-order valence-corrected chi connectivity index (χ0v) is 12.6. The van der Waals surface area contributed by atoms with Crippen molar-refractivity contribution in [2.75, 3.05) is 0 Å². The molecular weight excluding hydrogens is 232 g/mol. The first-order valence-corrected chi connectivity index (χ1v) is 7.17. The molecule has 4 unspecified atom stereocenters. The number of rotatable bonds is 7. The van der Waals surface area contributed by atoms with Gasteiger partial charge in [-0.05, 0) is 34.1 Å². The highest BCUT2D eigenvalue weighted by Crippen LogP contribution is 2.26. The minimum Gasteiger partial charge on any atom is -0.392 e. The number of nitriles is 1. The van der Waals surface area contributed by atoms with Crippen LogP contribution in [0.2, 0.25) is 0 Å². The lowest BCUT2D eigenvalue weighted by Gasteiger charge is -2.30. The van der Waals surface area contributed by atoms with Crippen LogP contribution in [0.4, 0.5) is 0 Å². The maximum atomic E-state index is 9.47. The molecule has 0 aliphatic heterocycles. The molecule has 0 aromatic heterocycles. The summed E-state index contributed by atoms with van der Waals surface area (Å²) in [6.45, 7) is 12.0.